The van der Waals surface area contributed by atoms with Crippen molar-refractivity contribution >= 4 is 5.97 Å². The van der Waals surface area contributed by atoms with E-state index in [9.17, 15) is 15.0 Å². The maximum Gasteiger partial charge on any atom is 0.303 e. The molecule has 0 saturated heterocycles. The van der Waals surface area contributed by atoms with Crippen molar-refractivity contribution < 1.29 is 20.1 Å². The maximum absolute atomic E-state index is 10.3. The normalized spacial score (nSPS) is 13.2. The number of unbranched alkanes of at least 4 members (excludes halogenated alkanes) is 2. The van der Waals surface area contributed by atoms with Gasteiger partial charge in [-0.25, -0.2) is 0 Å². The van der Waals surface area contributed by atoms with Crippen molar-refractivity contribution in [2.24, 2.45) is 0 Å². The summed E-state index contributed by atoms with van der Waals surface area (Å²) in [6.07, 6.45) is 18.9. The van der Waals surface area contributed by atoms with Gasteiger partial charge in [-0.2, -0.15) is 0 Å². The second-order valence-electron chi connectivity index (χ2n) is 5.75. The average Bonchev–Trinajstić information content (AvgIpc) is 2.53. The predicted octanol–water partition coefficient (Wildman–Crippen LogP) is 5.99. The molecule has 0 aliphatic rings. The summed E-state index contributed by atoms with van der Waals surface area (Å²) in [5.41, 5.74) is 0. The average molecular weight is 336 g/mol. The van der Waals surface area contributed by atoms with Gasteiger partial charge in [-0.05, 0) is 44.3 Å². The zero-order valence-electron chi connectivity index (χ0n) is 14.8. The lowest BCUT2D eigenvalue weighted by Gasteiger charge is -1.97. The second kappa shape index (κ2) is 15.9. The Hall–Kier alpha value is -1.97. The molecule has 0 spiro atoms. The van der Waals surface area contributed by atoms with Crippen LogP contribution in [0.1, 0.15) is 71.1 Å². The van der Waals surface area contributed by atoms with Crippen molar-refractivity contribution in [2.45, 2.75) is 71.1 Å². The molecule has 0 fully saturated rings. The summed E-state index contributed by atoms with van der Waals surface area (Å²) in [5.74, 6) is -0.106. The summed E-state index contributed by atoms with van der Waals surface area (Å²) in [4.78, 5) is 10.3. The summed E-state index contributed by atoms with van der Waals surface area (Å²) < 4.78 is 0. The molecule has 4 heteroatoms. The molecule has 0 aromatic rings. The predicted molar refractivity (Wildman–Crippen MR) is 99.2 cm³/mol. The van der Waals surface area contributed by atoms with Crippen molar-refractivity contribution in [1.29, 1.82) is 0 Å². The van der Waals surface area contributed by atoms with Crippen LogP contribution in [0.3, 0.4) is 0 Å². The van der Waals surface area contributed by atoms with Crippen LogP contribution in [0.2, 0.25) is 0 Å². The maximum atomic E-state index is 10.3. The van der Waals surface area contributed by atoms with Crippen LogP contribution >= 0.6 is 0 Å². The van der Waals surface area contributed by atoms with Gasteiger partial charge in [0.25, 0.3) is 0 Å². The number of carboxylic acid groups (broad SMARTS) is 1. The first-order chi connectivity index (χ1) is 11.6. The molecule has 0 bridgehead atoms. The lowest BCUT2D eigenvalue weighted by atomic mass is 10.1. The number of allylic oxidation sites excluding steroid dienone is 8. The van der Waals surface area contributed by atoms with Crippen molar-refractivity contribution in [1.82, 2.24) is 0 Å². The Labute approximate surface area is 145 Å². The highest BCUT2D eigenvalue weighted by Crippen LogP contribution is 2.07. The third kappa shape index (κ3) is 16.4. The topological polar surface area (TPSA) is 77.8 Å². The van der Waals surface area contributed by atoms with Gasteiger partial charge in [0.15, 0.2) is 0 Å². The Kier molecular flexibility index (Phi) is 14.6. The zero-order chi connectivity index (χ0) is 18.0. The van der Waals surface area contributed by atoms with E-state index in [2.05, 4.69) is 6.92 Å². The van der Waals surface area contributed by atoms with Crippen LogP contribution in [0.5, 0.6) is 0 Å². The summed E-state index contributed by atoms with van der Waals surface area (Å²) in [5, 5.41) is 27.7. The molecule has 0 amide bonds. The van der Waals surface area contributed by atoms with E-state index in [-0.39, 0.29) is 12.2 Å². The molecule has 0 aromatic heterocycles. The molecule has 0 aromatic carbocycles. The fourth-order valence-electron chi connectivity index (χ4n) is 2.05. The number of rotatable bonds is 14. The van der Waals surface area contributed by atoms with E-state index in [0.29, 0.717) is 25.0 Å². The highest BCUT2D eigenvalue weighted by atomic mass is 16.4. The number of hydrogen-bond acceptors (Lipinski definition) is 3. The van der Waals surface area contributed by atoms with Crippen molar-refractivity contribution in [2.75, 3.05) is 0 Å². The molecule has 0 radical (unpaired) electrons. The van der Waals surface area contributed by atoms with Gasteiger partial charge in [-0.3, -0.25) is 4.79 Å². The second-order valence-corrected chi connectivity index (χ2v) is 5.75. The van der Waals surface area contributed by atoms with Crippen LogP contribution in [0, 0.1) is 0 Å². The highest BCUT2D eigenvalue weighted by Gasteiger charge is 1.98. The van der Waals surface area contributed by atoms with Crippen LogP contribution in [-0.4, -0.2) is 21.3 Å². The van der Waals surface area contributed by atoms with Crippen molar-refractivity contribution in [3.63, 3.8) is 0 Å². The standard InChI is InChI=1S/C20H32O4/c1-2-3-9-13-18(21)14-10-7-5-4-6-8-11-15-19(22)16-12-17-20(23)24/h5-8,14-15,21-22H,2-4,9-13,16-17H2,1H3,(H,23,24)/b7-5-,8-6-,18-14+,19-15+. The Bertz CT molecular complexity index is 445. The van der Waals surface area contributed by atoms with Gasteiger partial charge in [0.2, 0.25) is 0 Å². The van der Waals surface area contributed by atoms with Gasteiger partial charge in [-0.1, -0.05) is 44.1 Å². The number of carboxylic acids is 1. The van der Waals surface area contributed by atoms with Gasteiger partial charge < -0.3 is 15.3 Å². The van der Waals surface area contributed by atoms with Crippen LogP contribution in [0.15, 0.2) is 48.0 Å². The van der Waals surface area contributed by atoms with Gasteiger partial charge in [0.1, 0.15) is 0 Å². The molecule has 24 heavy (non-hydrogen) atoms. The van der Waals surface area contributed by atoms with E-state index in [1.54, 1.807) is 6.08 Å². The minimum absolute atomic E-state index is 0.0845. The van der Waals surface area contributed by atoms with Crippen LogP contribution < -0.4 is 0 Å². The fourth-order valence-corrected chi connectivity index (χ4v) is 2.05. The molecule has 0 atom stereocenters. The number of aliphatic hydroxyl groups excluding tert-OH is 2. The molecule has 0 aliphatic heterocycles. The SMILES string of the molecule is CCCCC/C(O)=C\C/C=C\C/C=C\C/C=C(/O)CCCC(=O)O. The lowest BCUT2D eigenvalue weighted by molar-refractivity contribution is -0.137. The number of carbonyl (C=O) groups is 1. The molecule has 3 N–H and O–H groups in total. The van der Waals surface area contributed by atoms with Crippen molar-refractivity contribution in [3.05, 3.63) is 48.0 Å². The first-order valence-corrected chi connectivity index (χ1v) is 8.84. The molecule has 4 nitrogen and oxygen atoms in total. The molecule has 0 heterocycles. The quantitative estimate of drug-likeness (QED) is 0.207. The van der Waals surface area contributed by atoms with E-state index in [4.69, 9.17) is 5.11 Å². The van der Waals surface area contributed by atoms with E-state index in [0.717, 1.165) is 38.5 Å². The van der Waals surface area contributed by atoms with Gasteiger partial charge >= 0.3 is 5.97 Å². The number of aliphatic carboxylic acids is 1. The molecule has 0 aliphatic carbocycles. The third-order valence-electron chi connectivity index (χ3n) is 3.44. The Morgan fingerprint density at radius 1 is 0.708 bits per heavy atom. The van der Waals surface area contributed by atoms with E-state index < -0.39 is 5.97 Å². The van der Waals surface area contributed by atoms with Gasteiger partial charge in [0, 0.05) is 19.3 Å². The summed E-state index contributed by atoms with van der Waals surface area (Å²) in [6, 6.07) is 0. The van der Waals surface area contributed by atoms with Gasteiger partial charge in [0.05, 0.1) is 11.5 Å². The van der Waals surface area contributed by atoms with E-state index >= 15 is 0 Å². The minimum atomic E-state index is -0.835. The zero-order valence-corrected chi connectivity index (χ0v) is 14.8. The number of hydrogen-bond donors (Lipinski definition) is 3. The number of aliphatic hydroxyl groups is 2. The Morgan fingerprint density at radius 3 is 1.71 bits per heavy atom. The van der Waals surface area contributed by atoms with Gasteiger partial charge in [-0.15, -0.1) is 0 Å². The van der Waals surface area contributed by atoms with E-state index in [1.807, 2.05) is 30.4 Å². The molecular formula is C20H32O4. The van der Waals surface area contributed by atoms with Crippen molar-refractivity contribution in [3.8, 4) is 0 Å². The summed E-state index contributed by atoms with van der Waals surface area (Å²) in [7, 11) is 0. The molecule has 0 unspecified atom stereocenters. The third-order valence-corrected chi connectivity index (χ3v) is 3.44. The Morgan fingerprint density at radius 2 is 1.21 bits per heavy atom. The van der Waals surface area contributed by atoms with Crippen LogP contribution in [0.25, 0.3) is 0 Å². The lowest BCUT2D eigenvalue weighted by Crippen LogP contribution is -1.94. The summed E-state index contributed by atoms with van der Waals surface area (Å²) >= 11 is 0. The molecule has 0 saturated carbocycles. The molecule has 0 rings (SSSR count). The molecule has 136 valence electrons. The smallest absolute Gasteiger partial charge is 0.303 e. The minimum Gasteiger partial charge on any atom is -0.513 e. The first kappa shape index (κ1) is 22.0. The largest absolute Gasteiger partial charge is 0.513 e. The monoisotopic (exact) mass is 336 g/mol. The Balaban J connectivity index is 3.73. The fraction of sp³-hybridized carbons (Fsp3) is 0.550. The van der Waals surface area contributed by atoms with Crippen LogP contribution in [0.4, 0.5) is 0 Å². The summed E-state index contributed by atoms with van der Waals surface area (Å²) in [6.45, 7) is 2.15. The highest BCUT2D eigenvalue weighted by molar-refractivity contribution is 5.66. The van der Waals surface area contributed by atoms with Crippen LogP contribution in [-0.2, 0) is 4.79 Å². The molecular weight excluding hydrogens is 304 g/mol. The first-order valence-electron chi connectivity index (χ1n) is 8.84. The van der Waals surface area contributed by atoms with E-state index in [1.165, 1.54) is 0 Å².